The minimum atomic E-state index is -1.26. The molecule has 0 aromatic rings. The lowest BCUT2D eigenvalue weighted by Gasteiger charge is -2.50. The van der Waals surface area contributed by atoms with Crippen LogP contribution in [-0.2, 0) is 14.3 Å². The van der Waals surface area contributed by atoms with Gasteiger partial charge in [0, 0.05) is 12.8 Å². The van der Waals surface area contributed by atoms with Crippen molar-refractivity contribution < 1.29 is 19.4 Å². The van der Waals surface area contributed by atoms with E-state index in [1.807, 2.05) is 13.8 Å². The highest BCUT2D eigenvalue weighted by molar-refractivity contribution is 5.71. The van der Waals surface area contributed by atoms with Gasteiger partial charge >= 0.3 is 5.97 Å². The van der Waals surface area contributed by atoms with Crippen LogP contribution in [0.3, 0.4) is 0 Å². The SMILES string of the molecule is CCC(C)(C)OC1CCC([C@](C)(CC)C2CCC(O)(OC(=O)C(C)C)CC2)CC1. The lowest BCUT2D eigenvalue weighted by molar-refractivity contribution is -0.230. The first-order valence-electron chi connectivity index (χ1n) is 12.1. The number of ether oxygens (including phenoxy) is 2. The summed E-state index contributed by atoms with van der Waals surface area (Å²) < 4.78 is 11.8. The first-order chi connectivity index (χ1) is 13.4. The van der Waals surface area contributed by atoms with Gasteiger partial charge in [-0.05, 0) is 76.0 Å². The first kappa shape index (κ1) is 24.7. The number of aliphatic hydroxyl groups is 1. The molecule has 2 aliphatic rings. The summed E-state index contributed by atoms with van der Waals surface area (Å²) in [5, 5.41) is 10.8. The van der Waals surface area contributed by atoms with E-state index < -0.39 is 5.79 Å². The van der Waals surface area contributed by atoms with Crippen LogP contribution < -0.4 is 0 Å². The van der Waals surface area contributed by atoms with Crippen LogP contribution in [0.4, 0.5) is 0 Å². The second-order valence-electron chi connectivity index (χ2n) is 10.9. The molecule has 0 amide bonds. The van der Waals surface area contributed by atoms with Gasteiger partial charge in [-0.3, -0.25) is 4.79 Å². The van der Waals surface area contributed by atoms with Gasteiger partial charge in [0.05, 0.1) is 17.6 Å². The molecule has 2 aliphatic carbocycles. The predicted molar refractivity (Wildman–Crippen MR) is 117 cm³/mol. The van der Waals surface area contributed by atoms with E-state index in [4.69, 9.17) is 9.47 Å². The molecule has 0 unspecified atom stereocenters. The molecule has 0 saturated heterocycles. The predicted octanol–water partition coefficient (Wildman–Crippen LogP) is 6.24. The molecule has 29 heavy (non-hydrogen) atoms. The minimum Gasteiger partial charge on any atom is -0.433 e. The van der Waals surface area contributed by atoms with Crippen molar-refractivity contribution in [2.45, 2.75) is 130 Å². The highest BCUT2D eigenvalue weighted by Crippen LogP contribution is 2.52. The Hall–Kier alpha value is -0.610. The molecule has 170 valence electrons. The maximum atomic E-state index is 12.0. The van der Waals surface area contributed by atoms with E-state index in [-0.39, 0.29) is 22.9 Å². The highest BCUT2D eigenvalue weighted by atomic mass is 16.7. The Labute approximate surface area is 179 Å². The van der Waals surface area contributed by atoms with Crippen molar-refractivity contribution in [1.29, 1.82) is 0 Å². The molecule has 2 rings (SSSR count). The van der Waals surface area contributed by atoms with Crippen molar-refractivity contribution >= 4 is 5.97 Å². The van der Waals surface area contributed by atoms with Crippen LogP contribution in [0.5, 0.6) is 0 Å². The fourth-order valence-corrected chi connectivity index (χ4v) is 5.42. The Morgan fingerprint density at radius 3 is 1.93 bits per heavy atom. The Morgan fingerprint density at radius 2 is 1.48 bits per heavy atom. The molecule has 0 aliphatic heterocycles. The lowest BCUT2D eigenvalue weighted by atomic mass is 9.58. The average molecular weight is 411 g/mol. The van der Waals surface area contributed by atoms with Crippen molar-refractivity contribution in [3.05, 3.63) is 0 Å². The summed E-state index contributed by atoms with van der Waals surface area (Å²) in [7, 11) is 0. The van der Waals surface area contributed by atoms with Crippen molar-refractivity contribution in [3.8, 4) is 0 Å². The second-order valence-corrected chi connectivity index (χ2v) is 10.9. The van der Waals surface area contributed by atoms with Crippen LogP contribution in [-0.4, -0.2) is 28.6 Å². The zero-order valence-corrected chi connectivity index (χ0v) is 20.1. The molecule has 4 heteroatoms. The van der Waals surface area contributed by atoms with Gasteiger partial charge in [-0.25, -0.2) is 0 Å². The molecule has 0 bridgehead atoms. The van der Waals surface area contributed by atoms with Gasteiger partial charge in [-0.15, -0.1) is 0 Å². The van der Waals surface area contributed by atoms with Gasteiger partial charge in [0.25, 0.3) is 0 Å². The van der Waals surface area contributed by atoms with Gasteiger partial charge in [0.15, 0.2) is 0 Å². The average Bonchev–Trinajstić information content (AvgIpc) is 2.68. The largest absolute Gasteiger partial charge is 0.433 e. The number of rotatable bonds is 8. The van der Waals surface area contributed by atoms with Gasteiger partial charge in [-0.1, -0.05) is 41.0 Å². The van der Waals surface area contributed by atoms with Gasteiger partial charge in [0.1, 0.15) is 0 Å². The fraction of sp³-hybridized carbons (Fsp3) is 0.960. The van der Waals surface area contributed by atoms with E-state index >= 15 is 0 Å². The van der Waals surface area contributed by atoms with Crippen LogP contribution in [0, 0.1) is 23.2 Å². The lowest BCUT2D eigenvalue weighted by Crippen LogP contribution is -2.45. The quantitative estimate of drug-likeness (QED) is 0.380. The molecule has 1 N–H and O–H groups in total. The monoisotopic (exact) mass is 410 g/mol. The first-order valence-corrected chi connectivity index (χ1v) is 12.1. The molecule has 2 saturated carbocycles. The van der Waals surface area contributed by atoms with Crippen LogP contribution in [0.25, 0.3) is 0 Å². The molecular weight excluding hydrogens is 364 g/mol. The van der Waals surface area contributed by atoms with Gasteiger partial charge in [-0.2, -0.15) is 0 Å². The second kappa shape index (κ2) is 9.68. The third-order valence-electron chi connectivity index (χ3n) is 8.17. The Balaban J connectivity index is 1.93. The van der Waals surface area contributed by atoms with Crippen molar-refractivity contribution in [3.63, 3.8) is 0 Å². The van der Waals surface area contributed by atoms with E-state index in [0.717, 1.165) is 32.1 Å². The van der Waals surface area contributed by atoms with Crippen LogP contribution in [0.15, 0.2) is 0 Å². The van der Waals surface area contributed by atoms with Crippen molar-refractivity contribution in [2.24, 2.45) is 23.2 Å². The summed E-state index contributed by atoms with van der Waals surface area (Å²) in [6.45, 7) is 15.0. The molecule has 0 radical (unpaired) electrons. The van der Waals surface area contributed by atoms with E-state index in [1.54, 1.807) is 0 Å². The summed E-state index contributed by atoms with van der Waals surface area (Å²) in [4.78, 5) is 12.0. The van der Waals surface area contributed by atoms with Gasteiger partial charge < -0.3 is 14.6 Å². The molecule has 0 aromatic heterocycles. The number of carbonyl (C=O) groups is 1. The topological polar surface area (TPSA) is 55.8 Å². The molecule has 0 heterocycles. The number of hydrogen-bond acceptors (Lipinski definition) is 4. The Bertz CT molecular complexity index is 525. The summed E-state index contributed by atoms with van der Waals surface area (Å²) >= 11 is 0. The smallest absolute Gasteiger partial charge is 0.310 e. The molecular formula is C25H46O4. The molecule has 2 fully saturated rings. The zero-order valence-electron chi connectivity index (χ0n) is 20.1. The molecule has 0 spiro atoms. The van der Waals surface area contributed by atoms with Crippen LogP contribution >= 0.6 is 0 Å². The number of hydrogen-bond donors (Lipinski definition) is 1. The van der Waals surface area contributed by atoms with E-state index in [1.165, 1.54) is 19.3 Å². The fourth-order valence-electron chi connectivity index (χ4n) is 5.42. The minimum absolute atomic E-state index is 0.0210. The summed E-state index contributed by atoms with van der Waals surface area (Å²) in [5.74, 6) is -0.458. The highest BCUT2D eigenvalue weighted by Gasteiger charge is 2.46. The molecule has 4 nitrogen and oxygen atoms in total. The van der Waals surface area contributed by atoms with E-state index in [0.29, 0.717) is 30.8 Å². The third-order valence-corrected chi connectivity index (χ3v) is 8.17. The van der Waals surface area contributed by atoms with Crippen LogP contribution in [0.2, 0.25) is 0 Å². The van der Waals surface area contributed by atoms with Crippen molar-refractivity contribution in [2.75, 3.05) is 0 Å². The Kier molecular flexibility index (Phi) is 8.23. The summed E-state index contributed by atoms with van der Waals surface area (Å²) in [6.07, 6.45) is 10.4. The standard InChI is InChI=1S/C25H46O4/c1-8-23(5,6)28-21-12-10-19(11-13-21)24(7,9-2)20-14-16-25(27,17-15-20)29-22(26)18(3)4/h18-21,27H,8-17H2,1-7H3/t19?,20?,21?,24-,25?/m0/s1. The molecule has 1 atom stereocenters. The normalized spacial score (nSPS) is 33.3. The Morgan fingerprint density at radius 1 is 0.966 bits per heavy atom. The van der Waals surface area contributed by atoms with E-state index in [2.05, 4.69) is 34.6 Å². The molecule has 0 aromatic carbocycles. The maximum Gasteiger partial charge on any atom is 0.310 e. The summed E-state index contributed by atoms with van der Waals surface area (Å²) in [5.41, 5.74) is 0.265. The third kappa shape index (κ3) is 6.19. The summed E-state index contributed by atoms with van der Waals surface area (Å²) in [6, 6.07) is 0. The number of carbonyl (C=O) groups excluding carboxylic acids is 1. The maximum absolute atomic E-state index is 12.0. The van der Waals surface area contributed by atoms with E-state index in [9.17, 15) is 9.90 Å². The van der Waals surface area contributed by atoms with Crippen molar-refractivity contribution in [1.82, 2.24) is 0 Å². The zero-order chi connectivity index (χ0) is 21.9. The number of esters is 1. The van der Waals surface area contributed by atoms with Crippen LogP contribution in [0.1, 0.15) is 113 Å². The van der Waals surface area contributed by atoms with Gasteiger partial charge in [0.2, 0.25) is 5.79 Å².